The molecular weight excluding hydrogens is 304 g/mol. The third-order valence-corrected chi connectivity index (χ3v) is 4.08. The van der Waals surface area contributed by atoms with Crippen molar-refractivity contribution in [2.24, 2.45) is 0 Å². The van der Waals surface area contributed by atoms with Crippen LogP contribution in [0.3, 0.4) is 0 Å². The van der Waals surface area contributed by atoms with Crippen molar-refractivity contribution < 1.29 is 9.32 Å². The summed E-state index contributed by atoms with van der Waals surface area (Å²) >= 11 is 0. The van der Waals surface area contributed by atoms with E-state index in [-0.39, 0.29) is 11.9 Å². The van der Waals surface area contributed by atoms with Gasteiger partial charge >= 0.3 is 0 Å². The average molecular weight is 324 g/mol. The van der Waals surface area contributed by atoms with Gasteiger partial charge in [-0.05, 0) is 25.8 Å². The quantitative estimate of drug-likeness (QED) is 0.756. The van der Waals surface area contributed by atoms with Crippen LogP contribution >= 0.6 is 0 Å². The zero-order chi connectivity index (χ0) is 16.9. The number of rotatable bonds is 6. The third-order valence-electron chi connectivity index (χ3n) is 4.08. The van der Waals surface area contributed by atoms with Crippen LogP contribution < -0.4 is 5.32 Å². The second-order valence-corrected chi connectivity index (χ2v) is 5.69. The molecule has 0 aliphatic heterocycles. The summed E-state index contributed by atoms with van der Waals surface area (Å²) in [6.45, 7) is 4.47. The van der Waals surface area contributed by atoms with Gasteiger partial charge in [0.2, 0.25) is 0 Å². The number of nitrogens with zero attached hydrogens (tertiary/aromatic N) is 3. The van der Waals surface area contributed by atoms with Crippen molar-refractivity contribution >= 4 is 5.91 Å². The monoisotopic (exact) mass is 324 g/mol. The van der Waals surface area contributed by atoms with E-state index >= 15 is 0 Å². The Morgan fingerprint density at radius 1 is 1.29 bits per heavy atom. The molecule has 0 spiro atoms. The van der Waals surface area contributed by atoms with Gasteiger partial charge in [0.05, 0.1) is 12.2 Å². The Bertz CT molecular complexity index is 807. The van der Waals surface area contributed by atoms with E-state index < -0.39 is 0 Å². The van der Waals surface area contributed by atoms with Gasteiger partial charge in [0, 0.05) is 18.9 Å². The van der Waals surface area contributed by atoms with Crippen molar-refractivity contribution in [3.63, 3.8) is 0 Å². The van der Waals surface area contributed by atoms with Crippen LogP contribution in [0.4, 0.5) is 0 Å². The van der Waals surface area contributed by atoms with Crippen LogP contribution in [-0.4, -0.2) is 20.6 Å². The minimum atomic E-state index is -0.176. The summed E-state index contributed by atoms with van der Waals surface area (Å²) < 4.78 is 7.06. The molecule has 1 aromatic carbocycles. The molecule has 124 valence electrons. The Morgan fingerprint density at radius 3 is 2.71 bits per heavy atom. The van der Waals surface area contributed by atoms with Gasteiger partial charge in [0.15, 0.2) is 0 Å². The van der Waals surface area contributed by atoms with Crippen LogP contribution in [-0.2, 0) is 6.54 Å². The first-order valence-corrected chi connectivity index (χ1v) is 7.90. The number of aryl methyl sites for hydroxylation is 3. The lowest BCUT2D eigenvalue weighted by Gasteiger charge is -2.19. The highest BCUT2D eigenvalue weighted by atomic mass is 16.5. The molecule has 3 aromatic rings. The minimum absolute atomic E-state index is 0.102. The van der Waals surface area contributed by atoms with Crippen LogP contribution in [0.25, 0.3) is 0 Å². The molecule has 0 aliphatic rings. The second kappa shape index (κ2) is 7.12. The first kappa shape index (κ1) is 16.0. The molecule has 1 atom stereocenters. The summed E-state index contributed by atoms with van der Waals surface area (Å²) in [6.07, 6.45) is 5.94. The van der Waals surface area contributed by atoms with E-state index in [1.165, 1.54) is 6.20 Å². The van der Waals surface area contributed by atoms with Crippen molar-refractivity contribution in [2.45, 2.75) is 32.9 Å². The van der Waals surface area contributed by atoms with Crippen LogP contribution in [0, 0.1) is 13.8 Å². The third kappa shape index (κ3) is 3.53. The summed E-state index contributed by atoms with van der Waals surface area (Å²) in [5.74, 6) is 1.30. The smallest absolute Gasteiger partial charge is 0.256 e. The molecule has 6 nitrogen and oxygen atoms in total. The normalized spacial score (nSPS) is 12.1. The molecule has 3 rings (SSSR count). The summed E-state index contributed by atoms with van der Waals surface area (Å²) in [6, 6.07) is 9.85. The Labute approximate surface area is 140 Å². The molecule has 0 fully saturated rings. The van der Waals surface area contributed by atoms with Gasteiger partial charge in [0.25, 0.3) is 5.91 Å². The molecular formula is C18H20N4O2. The molecule has 0 saturated carbocycles. The van der Waals surface area contributed by atoms with Gasteiger partial charge in [0.1, 0.15) is 17.1 Å². The van der Waals surface area contributed by atoms with Crippen molar-refractivity contribution in [2.75, 3.05) is 0 Å². The van der Waals surface area contributed by atoms with Crippen molar-refractivity contribution in [3.8, 4) is 0 Å². The van der Waals surface area contributed by atoms with E-state index in [1.54, 1.807) is 13.1 Å². The predicted octanol–water partition coefficient (Wildman–Crippen LogP) is 3.05. The molecule has 2 aromatic heterocycles. The number of carbonyl (C=O) groups is 1. The van der Waals surface area contributed by atoms with Crippen LogP contribution in [0.15, 0.2) is 53.4 Å². The molecule has 2 heterocycles. The maximum absolute atomic E-state index is 12.5. The first-order chi connectivity index (χ1) is 11.6. The van der Waals surface area contributed by atoms with E-state index in [2.05, 4.69) is 20.0 Å². The molecule has 1 unspecified atom stereocenters. The zero-order valence-corrected chi connectivity index (χ0v) is 13.8. The Hall–Kier alpha value is -2.89. The molecule has 24 heavy (non-hydrogen) atoms. The fraction of sp³-hybridized carbons (Fsp3) is 0.278. The Balaban J connectivity index is 1.76. The average Bonchev–Trinajstić information content (AvgIpc) is 3.20. The number of hydrogen-bond donors (Lipinski definition) is 1. The van der Waals surface area contributed by atoms with E-state index in [4.69, 9.17) is 4.52 Å². The van der Waals surface area contributed by atoms with Gasteiger partial charge in [-0.2, -0.15) is 0 Å². The van der Waals surface area contributed by atoms with E-state index in [9.17, 15) is 4.79 Å². The fourth-order valence-electron chi connectivity index (χ4n) is 2.67. The fourth-order valence-corrected chi connectivity index (χ4v) is 2.67. The SMILES string of the molecule is Cc1oncc1C(=O)NC(CCn1ccnc1C)c1ccccc1. The number of aromatic nitrogens is 3. The highest BCUT2D eigenvalue weighted by Crippen LogP contribution is 2.19. The van der Waals surface area contributed by atoms with E-state index in [0.717, 1.165) is 24.4 Å². The molecule has 0 saturated heterocycles. The Kier molecular flexibility index (Phi) is 4.74. The summed E-state index contributed by atoms with van der Waals surface area (Å²) in [4.78, 5) is 16.7. The molecule has 0 radical (unpaired) electrons. The topological polar surface area (TPSA) is 73.0 Å². The molecule has 1 N–H and O–H groups in total. The first-order valence-electron chi connectivity index (χ1n) is 7.90. The number of hydrogen-bond acceptors (Lipinski definition) is 4. The van der Waals surface area contributed by atoms with E-state index in [1.807, 2.05) is 43.5 Å². The lowest BCUT2D eigenvalue weighted by molar-refractivity contribution is 0.0932. The number of nitrogens with one attached hydrogen (secondary N) is 1. The predicted molar refractivity (Wildman–Crippen MR) is 89.5 cm³/mol. The Morgan fingerprint density at radius 2 is 2.08 bits per heavy atom. The number of benzene rings is 1. The minimum Gasteiger partial charge on any atom is -0.361 e. The number of amides is 1. The summed E-state index contributed by atoms with van der Waals surface area (Å²) in [7, 11) is 0. The second-order valence-electron chi connectivity index (χ2n) is 5.69. The van der Waals surface area contributed by atoms with Crippen molar-refractivity contribution in [1.82, 2.24) is 20.0 Å². The highest BCUT2D eigenvalue weighted by molar-refractivity contribution is 5.95. The number of imidazole rings is 1. The highest BCUT2D eigenvalue weighted by Gasteiger charge is 2.19. The van der Waals surface area contributed by atoms with E-state index in [0.29, 0.717) is 11.3 Å². The van der Waals surface area contributed by atoms with Crippen molar-refractivity contribution in [1.29, 1.82) is 0 Å². The molecule has 0 aliphatic carbocycles. The summed E-state index contributed by atoms with van der Waals surface area (Å²) in [5, 5.41) is 6.76. The lowest BCUT2D eigenvalue weighted by Crippen LogP contribution is -2.29. The van der Waals surface area contributed by atoms with Gasteiger partial charge < -0.3 is 14.4 Å². The number of carbonyl (C=O) groups excluding carboxylic acids is 1. The zero-order valence-electron chi connectivity index (χ0n) is 13.8. The maximum Gasteiger partial charge on any atom is 0.256 e. The summed E-state index contributed by atoms with van der Waals surface area (Å²) in [5.41, 5.74) is 1.53. The van der Waals surface area contributed by atoms with Crippen LogP contribution in [0.1, 0.15) is 40.0 Å². The molecule has 1 amide bonds. The molecule has 0 bridgehead atoms. The van der Waals surface area contributed by atoms with Gasteiger partial charge in [-0.3, -0.25) is 4.79 Å². The van der Waals surface area contributed by atoms with Crippen molar-refractivity contribution in [3.05, 3.63) is 71.6 Å². The van der Waals surface area contributed by atoms with Gasteiger partial charge in [-0.15, -0.1) is 0 Å². The largest absolute Gasteiger partial charge is 0.361 e. The van der Waals surface area contributed by atoms with Crippen LogP contribution in [0.2, 0.25) is 0 Å². The van der Waals surface area contributed by atoms with Gasteiger partial charge in [-0.25, -0.2) is 4.98 Å². The lowest BCUT2D eigenvalue weighted by atomic mass is 10.0. The van der Waals surface area contributed by atoms with Gasteiger partial charge in [-0.1, -0.05) is 35.5 Å². The van der Waals surface area contributed by atoms with Crippen LogP contribution in [0.5, 0.6) is 0 Å². The molecule has 6 heteroatoms. The standard InChI is InChI=1S/C18H20N4O2/c1-13-16(12-20-24-13)18(23)21-17(15-6-4-3-5-7-15)8-10-22-11-9-19-14(22)2/h3-7,9,11-12,17H,8,10H2,1-2H3,(H,21,23). The maximum atomic E-state index is 12.5.